The Hall–Kier alpha value is -2.04. The van der Waals surface area contributed by atoms with Crippen molar-refractivity contribution in [2.75, 3.05) is 16.8 Å². The summed E-state index contributed by atoms with van der Waals surface area (Å²) in [6.07, 6.45) is 1.86. The summed E-state index contributed by atoms with van der Waals surface area (Å²) in [5, 5.41) is 3.49. The first-order valence-corrected chi connectivity index (χ1v) is 9.87. The molecule has 0 unspecified atom stereocenters. The zero-order valence-electron chi connectivity index (χ0n) is 15.4. The number of carbonyl (C=O) groups excluding carboxylic acids is 2. The van der Waals surface area contributed by atoms with Crippen molar-refractivity contribution in [1.82, 2.24) is 0 Å². The molecule has 1 heterocycles. The third kappa shape index (κ3) is 3.97. The van der Waals surface area contributed by atoms with E-state index < -0.39 is 5.92 Å². The number of aryl methyl sites for hydroxylation is 2. The van der Waals surface area contributed by atoms with Crippen LogP contribution in [0.15, 0.2) is 36.4 Å². The van der Waals surface area contributed by atoms with Gasteiger partial charge in [-0.05, 0) is 36.1 Å². The van der Waals surface area contributed by atoms with Crippen LogP contribution in [-0.4, -0.2) is 18.4 Å². The predicted octanol–water partition coefficient (Wildman–Crippen LogP) is 5.11. The Morgan fingerprint density at radius 3 is 2.37 bits per heavy atom. The maximum atomic E-state index is 12.7. The standard InChI is InChI=1S/C21H22Cl2N2O2/c1-3-13-7-5-8-14(4-2)20(13)25-12-15(11-18(25)26)21(27)24-17-10-6-9-16(22)19(17)23/h5-10,15H,3-4,11-12H2,1-2H3,(H,24,27)/t15-/m1/s1. The van der Waals surface area contributed by atoms with Crippen LogP contribution in [0.2, 0.25) is 10.0 Å². The molecule has 0 spiro atoms. The molecule has 0 bridgehead atoms. The van der Waals surface area contributed by atoms with Gasteiger partial charge in [-0.2, -0.15) is 0 Å². The van der Waals surface area contributed by atoms with Crippen LogP contribution in [0.1, 0.15) is 31.4 Å². The number of benzene rings is 2. The van der Waals surface area contributed by atoms with Crippen LogP contribution in [0.25, 0.3) is 0 Å². The second kappa shape index (κ2) is 8.32. The molecular weight excluding hydrogens is 383 g/mol. The van der Waals surface area contributed by atoms with Crippen LogP contribution in [0, 0.1) is 5.92 Å². The van der Waals surface area contributed by atoms with Gasteiger partial charge in [-0.3, -0.25) is 9.59 Å². The zero-order valence-corrected chi connectivity index (χ0v) is 16.9. The van der Waals surface area contributed by atoms with Crippen molar-refractivity contribution in [2.45, 2.75) is 33.1 Å². The number of amides is 2. The Morgan fingerprint density at radius 2 is 1.74 bits per heavy atom. The summed E-state index contributed by atoms with van der Waals surface area (Å²) in [5.74, 6) is -0.674. The van der Waals surface area contributed by atoms with Gasteiger partial charge in [0.2, 0.25) is 11.8 Å². The molecule has 0 saturated carbocycles. The second-order valence-electron chi connectivity index (χ2n) is 6.63. The van der Waals surface area contributed by atoms with Crippen molar-refractivity contribution in [3.05, 3.63) is 57.6 Å². The SMILES string of the molecule is CCc1cccc(CC)c1N1C[C@H](C(=O)Nc2cccc(Cl)c2Cl)CC1=O. The number of hydrogen-bond donors (Lipinski definition) is 1. The molecule has 4 nitrogen and oxygen atoms in total. The summed E-state index contributed by atoms with van der Waals surface area (Å²) in [4.78, 5) is 27.2. The third-order valence-electron chi connectivity index (χ3n) is 4.94. The van der Waals surface area contributed by atoms with Crippen molar-refractivity contribution in [1.29, 1.82) is 0 Å². The highest BCUT2D eigenvalue weighted by Crippen LogP contribution is 2.34. The fourth-order valence-electron chi connectivity index (χ4n) is 3.50. The van der Waals surface area contributed by atoms with Gasteiger partial charge in [-0.25, -0.2) is 0 Å². The average molecular weight is 405 g/mol. The van der Waals surface area contributed by atoms with Gasteiger partial charge in [0.1, 0.15) is 0 Å². The minimum absolute atomic E-state index is 0.0251. The van der Waals surface area contributed by atoms with E-state index in [1.807, 2.05) is 18.2 Å². The molecule has 27 heavy (non-hydrogen) atoms. The van der Waals surface area contributed by atoms with Crippen molar-refractivity contribution in [3.8, 4) is 0 Å². The van der Waals surface area contributed by atoms with Crippen LogP contribution < -0.4 is 10.2 Å². The normalized spacial score (nSPS) is 16.7. The smallest absolute Gasteiger partial charge is 0.229 e. The number of anilines is 2. The molecule has 1 fully saturated rings. The van der Waals surface area contributed by atoms with Crippen molar-refractivity contribution < 1.29 is 9.59 Å². The Balaban J connectivity index is 1.82. The number of nitrogens with zero attached hydrogens (tertiary/aromatic N) is 1. The third-order valence-corrected chi connectivity index (χ3v) is 5.76. The van der Waals surface area contributed by atoms with Crippen molar-refractivity contribution in [2.24, 2.45) is 5.92 Å². The monoisotopic (exact) mass is 404 g/mol. The molecule has 2 aromatic rings. The van der Waals surface area contributed by atoms with Crippen LogP contribution in [0.3, 0.4) is 0 Å². The summed E-state index contributed by atoms with van der Waals surface area (Å²) in [7, 11) is 0. The molecule has 1 N–H and O–H groups in total. The molecule has 0 radical (unpaired) electrons. The van der Waals surface area contributed by atoms with Crippen molar-refractivity contribution in [3.63, 3.8) is 0 Å². The van der Waals surface area contributed by atoms with E-state index in [9.17, 15) is 9.59 Å². The van der Waals surface area contributed by atoms with Crippen LogP contribution in [0.4, 0.5) is 11.4 Å². The minimum atomic E-state index is -0.429. The highest BCUT2D eigenvalue weighted by molar-refractivity contribution is 6.44. The lowest BCUT2D eigenvalue weighted by Gasteiger charge is -2.23. The summed E-state index contributed by atoms with van der Waals surface area (Å²) in [5.41, 5.74) is 3.68. The van der Waals surface area contributed by atoms with Gasteiger partial charge in [0.25, 0.3) is 0 Å². The number of carbonyl (C=O) groups is 2. The Kier molecular flexibility index (Phi) is 6.08. The van der Waals surface area contributed by atoms with Crippen LogP contribution in [-0.2, 0) is 22.4 Å². The van der Waals surface area contributed by atoms with Gasteiger partial charge >= 0.3 is 0 Å². The maximum absolute atomic E-state index is 12.7. The molecule has 6 heteroatoms. The van der Waals surface area contributed by atoms with Crippen molar-refractivity contribution >= 4 is 46.4 Å². The molecule has 2 amide bonds. The molecular formula is C21H22Cl2N2O2. The van der Waals surface area contributed by atoms with Gasteiger partial charge in [0, 0.05) is 18.7 Å². The molecule has 3 rings (SSSR count). The minimum Gasteiger partial charge on any atom is -0.324 e. The molecule has 1 aliphatic rings. The highest BCUT2D eigenvalue weighted by Gasteiger charge is 2.36. The molecule has 0 aromatic heterocycles. The van der Waals surface area contributed by atoms with E-state index in [4.69, 9.17) is 23.2 Å². The first-order valence-electron chi connectivity index (χ1n) is 9.12. The summed E-state index contributed by atoms with van der Waals surface area (Å²) < 4.78 is 0. The van der Waals surface area contributed by atoms with E-state index in [2.05, 4.69) is 19.2 Å². The highest BCUT2D eigenvalue weighted by atomic mass is 35.5. The lowest BCUT2D eigenvalue weighted by molar-refractivity contribution is -0.122. The number of hydrogen-bond acceptors (Lipinski definition) is 2. The number of nitrogens with one attached hydrogen (secondary N) is 1. The van der Waals surface area contributed by atoms with E-state index in [-0.39, 0.29) is 18.2 Å². The van der Waals surface area contributed by atoms with E-state index in [1.165, 1.54) is 0 Å². The Bertz CT molecular complexity index is 860. The predicted molar refractivity (Wildman–Crippen MR) is 111 cm³/mol. The number of halogens is 2. The summed E-state index contributed by atoms with van der Waals surface area (Å²) in [6, 6.07) is 11.2. The molecule has 1 atom stereocenters. The molecule has 0 aliphatic carbocycles. The van der Waals surface area contributed by atoms with E-state index >= 15 is 0 Å². The van der Waals surface area contributed by atoms with Gasteiger partial charge in [-0.1, -0.05) is 61.3 Å². The van der Waals surface area contributed by atoms with Gasteiger partial charge in [0.05, 0.1) is 21.7 Å². The van der Waals surface area contributed by atoms with Crippen LogP contribution in [0.5, 0.6) is 0 Å². The molecule has 2 aromatic carbocycles. The first kappa shape index (κ1) is 19.7. The largest absolute Gasteiger partial charge is 0.324 e. The summed E-state index contributed by atoms with van der Waals surface area (Å²) >= 11 is 12.2. The van der Waals surface area contributed by atoms with E-state index in [0.717, 1.165) is 29.7 Å². The topological polar surface area (TPSA) is 49.4 Å². The fraction of sp³-hybridized carbons (Fsp3) is 0.333. The van der Waals surface area contributed by atoms with Gasteiger partial charge < -0.3 is 10.2 Å². The lowest BCUT2D eigenvalue weighted by Crippen LogP contribution is -2.29. The lowest BCUT2D eigenvalue weighted by atomic mass is 10.0. The summed E-state index contributed by atoms with van der Waals surface area (Å²) in [6.45, 7) is 4.52. The van der Waals surface area contributed by atoms with Gasteiger partial charge in [0.15, 0.2) is 0 Å². The quantitative estimate of drug-likeness (QED) is 0.752. The Morgan fingerprint density at radius 1 is 1.11 bits per heavy atom. The maximum Gasteiger partial charge on any atom is 0.229 e. The molecule has 142 valence electrons. The average Bonchev–Trinajstić information content (AvgIpc) is 3.06. The van der Waals surface area contributed by atoms with E-state index in [0.29, 0.717) is 22.3 Å². The molecule has 1 saturated heterocycles. The zero-order chi connectivity index (χ0) is 19.6. The number of para-hydroxylation sites is 1. The Labute approximate surface area is 169 Å². The van der Waals surface area contributed by atoms with E-state index in [1.54, 1.807) is 23.1 Å². The second-order valence-corrected chi connectivity index (χ2v) is 7.41. The number of rotatable bonds is 5. The van der Waals surface area contributed by atoms with Gasteiger partial charge in [-0.15, -0.1) is 0 Å². The fourth-order valence-corrected chi connectivity index (χ4v) is 3.84. The molecule has 1 aliphatic heterocycles. The first-order chi connectivity index (χ1) is 13.0. The van der Waals surface area contributed by atoms with Crippen LogP contribution >= 0.6 is 23.2 Å².